The summed E-state index contributed by atoms with van der Waals surface area (Å²) in [6.07, 6.45) is 2.07. The molecule has 0 aromatic carbocycles. The highest BCUT2D eigenvalue weighted by Gasteiger charge is 2.52. The van der Waals surface area contributed by atoms with Gasteiger partial charge in [-0.05, 0) is 60.2 Å². The second-order valence-corrected chi connectivity index (χ2v) is 21.5. The van der Waals surface area contributed by atoms with Crippen LogP contribution < -0.4 is 5.32 Å². The Morgan fingerprint density at radius 1 is 0.705 bits per heavy atom. The van der Waals surface area contributed by atoms with Crippen LogP contribution in [0.25, 0.3) is 0 Å². The quantitative estimate of drug-likeness (QED) is 0.110. The summed E-state index contributed by atoms with van der Waals surface area (Å²) in [6, 6.07) is -2.34. The molecule has 3 saturated heterocycles. The molecule has 4 aliphatic rings. The molecule has 22 nitrogen and oxygen atoms in total. The van der Waals surface area contributed by atoms with E-state index in [1.54, 1.807) is 86.8 Å². The van der Waals surface area contributed by atoms with Crippen LogP contribution in [0.1, 0.15) is 91.9 Å². The number of likely N-dealkylation sites (tertiary alicyclic amines) is 1. The van der Waals surface area contributed by atoms with Crippen molar-refractivity contribution < 1.29 is 94.3 Å². The minimum Gasteiger partial charge on any atom is -0.481 e. The fourth-order valence-electron chi connectivity index (χ4n) is 9.96. The number of aliphatic hydroxyl groups excluding tert-OH is 9. The Kier molecular flexibility index (Phi) is 27.3. The number of carboxylic acid groups (broad SMARTS) is 1. The van der Waals surface area contributed by atoms with Crippen LogP contribution in [0.3, 0.4) is 0 Å². The SMILES string of the molecule is C[C@@H]1[C@H](O)[C@@H](C)\C=C/C=C\C=C/C=C\C=C/C=C\C=C/[C@H](O[C@@H]2O[C@H](C)[C@@H](O)[C@H](NC3CC(=O)N(CCCN(C)C)C3=O)[C@@H]2O)C[C@@H]2O[C@](O)(C[C@@H](O)C[C@@H](O)[C@H](O)CC[C@@H](O)C[C@@H](O)CC(=O)O[C@H]1C)C[C@H](O)[C@H]2C(=O)O. The number of nitrogens with zero attached hydrogens (tertiary/aromatic N) is 2. The summed E-state index contributed by atoms with van der Waals surface area (Å²) in [5.41, 5.74) is 0. The van der Waals surface area contributed by atoms with E-state index in [0.29, 0.717) is 13.0 Å². The Bertz CT molecular complexity index is 2120. The zero-order valence-electron chi connectivity index (χ0n) is 45.6. The molecular formula is C56H87N3O19. The molecule has 2 bridgehead atoms. The summed E-state index contributed by atoms with van der Waals surface area (Å²) >= 11 is 0. The van der Waals surface area contributed by atoms with Crippen molar-refractivity contribution in [1.82, 2.24) is 15.1 Å². The number of amides is 2. The Hall–Kier alpha value is -4.34. The first-order valence-electron chi connectivity index (χ1n) is 27.0. The second kappa shape index (κ2) is 32.2. The van der Waals surface area contributed by atoms with Gasteiger partial charge in [-0.3, -0.25) is 29.4 Å². The highest BCUT2D eigenvalue weighted by atomic mass is 16.7. The zero-order chi connectivity index (χ0) is 57.9. The lowest BCUT2D eigenvalue weighted by Crippen LogP contribution is -2.65. The Morgan fingerprint density at radius 3 is 1.91 bits per heavy atom. The molecule has 4 rings (SSSR count). The van der Waals surface area contributed by atoms with E-state index in [2.05, 4.69) is 5.32 Å². The topological polar surface area (TPSA) is 346 Å². The van der Waals surface area contributed by atoms with Crippen molar-refractivity contribution in [3.63, 3.8) is 0 Å². The van der Waals surface area contributed by atoms with Crippen LogP contribution in [0.5, 0.6) is 0 Å². The molecule has 22 heteroatoms. The van der Waals surface area contributed by atoms with Gasteiger partial charge in [0.05, 0.1) is 92.1 Å². The number of esters is 1. The van der Waals surface area contributed by atoms with E-state index in [0.717, 1.165) is 4.90 Å². The molecule has 3 fully saturated rings. The predicted molar refractivity (Wildman–Crippen MR) is 284 cm³/mol. The number of aliphatic hydroxyl groups is 10. The van der Waals surface area contributed by atoms with Gasteiger partial charge in [0.1, 0.15) is 18.1 Å². The van der Waals surface area contributed by atoms with Crippen LogP contribution in [0, 0.1) is 17.8 Å². The maximum Gasteiger partial charge on any atom is 0.311 e. The van der Waals surface area contributed by atoms with E-state index in [1.807, 2.05) is 32.0 Å². The largest absolute Gasteiger partial charge is 0.481 e. The number of ether oxygens (including phenoxy) is 4. The van der Waals surface area contributed by atoms with Crippen molar-refractivity contribution in [2.24, 2.45) is 17.8 Å². The van der Waals surface area contributed by atoms with Gasteiger partial charge in [-0.1, -0.05) is 98.9 Å². The maximum absolute atomic E-state index is 13.4. The van der Waals surface area contributed by atoms with Crippen LogP contribution in [0.4, 0.5) is 0 Å². The van der Waals surface area contributed by atoms with Crippen LogP contribution in [-0.2, 0) is 38.1 Å². The van der Waals surface area contributed by atoms with Gasteiger partial charge in [0.25, 0.3) is 0 Å². The molecule has 0 spiro atoms. The molecule has 4 heterocycles. The normalized spacial score (nSPS) is 42.0. The molecule has 0 aromatic rings. The number of allylic oxidation sites excluding steroid dienone is 12. The molecular weight excluding hydrogens is 1020 g/mol. The molecule has 4 aliphatic heterocycles. The Morgan fingerprint density at radius 2 is 1.31 bits per heavy atom. The number of hydrogen-bond donors (Lipinski definition) is 12. The van der Waals surface area contributed by atoms with Gasteiger partial charge in [-0.15, -0.1) is 0 Å². The standard InChI is InChI=1S/C56H87N3O19/c1-33-20-17-15-13-11-9-7-8-10-12-14-16-18-21-40(77-55-52(70)49(51(69)36(4)76-55)57-41-30-46(66)59(53(41)71)25-19-24-58(5)6)29-45-48(54(72)73)44(65)32-56(74,78-45)31-39(62)27-43(64)42(63)23-22-37(60)26-38(61)28-47(67)75-35(3)34(2)50(33)68/h7-18,20-21,33-45,48-52,55,57,60-65,68-70,74H,19,22-32H2,1-6H3,(H,72,73)/b8-7-,11-9-,12-10-,15-13-,16-14-,20-17-,21-18-/t33-,34-,35-,36+,37+,38+,39-,40-,41?,42+,43+,44-,45-,48+,49-,50+,51+,52-,55-,56+/m0/s1. The van der Waals surface area contributed by atoms with Crippen molar-refractivity contribution >= 4 is 23.8 Å². The Labute approximate surface area is 457 Å². The number of hydrogen-bond acceptors (Lipinski definition) is 20. The molecule has 0 radical (unpaired) electrons. The summed E-state index contributed by atoms with van der Waals surface area (Å²) in [5, 5.41) is 124. The monoisotopic (exact) mass is 1110 g/mol. The van der Waals surface area contributed by atoms with Gasteiger partial charge in [-0.25, -0.2) is 0 Å². The molecule has 0 aromatic heterocycles. The molecule has 2 amide bonds. The molecule has 78 heavy (non-hydrogen) atoms. The number of carbonyl (C=O) groups is 4. The summed E-state index contributed by atoms with van der Waals surface area (Å²) in [4.78, 5) is 54.8. The highest BCUT2D eigenvalue weighted by molar-refractivity contribution is 6.05. The minimum atomic E-state index is -2.40. The lowest BCUT2D eigenvalue weighted by molar-refractivity contribution is -0.309. The average molecular weight is 1110 g/mol. The smallest absolute Gasteiger partial charge is 0.311 e. The van der Waals surface area contributed by atoms with Gasteiger partial charge < -0.3 is 80.0 Å². The van der Waals surface area contributed by atoms with Gasteiger partial charge in [0.2, 0.25) is 11.8 Å². The van der Waals surface area contributed by atoms with Crippen LogP contribution >= 0.6 is 0 Å². The lowest BCUT2D eigenvalue weighted by Gasteiger charge is -2.45. The first-order valence-corrected chi connectivity index (χ1v) is 27.0. The summed E-state index contributed by atoms with van der Waals surface area (Å²) in [7, 11) is 3.73. The highest BCUT2D eigenvalue weighted by Crippen LogP contribution is 2.38. The fourth-order valence-corrected chi connectivity index (χ4v) is 9.96. The van der Waals surface area contributed by atoms with Gasteiger partial charge in [0, 0.05) is 44.1 Å². The van der Waals surface area contributed by atoms with E-state index in [4.69, 9.17) is 18.9 Å². The number of fused-ring (bicyclic) bond motifs is 2. The van der Waals surface area contributed by atoms with E-state index < -0.39 is 171 Å². The van der Waals surface area contributed by atoms with E-state index in [9.17, 15) is 75.3 Å². The van der Waals surface area contributed by atoms with Crippen LogP contribution in [-0.4, -0.2) is 220 Å². The number of nitrogens with one attached hydrogen (secondary N) is 1. The third kappa shape index (κ3) is 21.0. The Balaban J connectivity index is 1.59. The zero-order valence-corrected chi connectivity index (χ0v) is 45.6. The third-order valence-electron chi connectivity index (χ3n) is 14.6. The summed E-state index contributed by atoms with van der Waals surface area (Å²) in [5.74, 6) is -8.01. The van der Waals surface area contributed by atoms with Gasteiger partial charge in [-0.2, -0.15) is 0 Å². The first-order chi connectivity index (χ1) is 36.8. The molecule has 1 unspecified atom stereocenters. The number of imide groups is 1. The number of carboxylic acids is 1. The van der Waals surface area contributed by atoms with Crippen molar-refractivity contribution in [3.8, 4) is 0 Å². The summed E-state index contributed by atoms with van der Waals surface area (Å²) in [6.45, 7) is 7.51. The van der Waals surface area contributed by atoms with Crippen molar-refractivity contribution in [2.75, 3.05) is 27.2 Å². The maximum atomic E-state index is 13.4. The fraction of sp³-hybridized carbons (Fsp3) is 0.679. The molecule has 440 valence electrons. The van der Waals surface area contributed by atoms with Gasteiger partial charge >= 0.3 is 11.9 Å². The summed E-state index contributed by atoms with van der Waals surface area (Å²) < 4.78 is 23.7. The predicted octanol–water partition coefficient (Wildman–Crippen LogP) is 0.422. The van der Waals surface area contributed by atoms with Crippen LogP contribution in [0.2, 0.25) is 0 Å². The molecule has 20 atom stereocenters. The third-order valence-corrected chi connectivity index (χ3v) is 14.6. The lowest BCUT2D eigenvalue weighted by atomic mass is 9.82. The van der Waals surface area contributed by atoms with Crippen molar-refractivity contribution in [2.45, 2.75) is 195 Å². The number of carbonyl (C=O) groups excluding carboxylic acids is 3. The molecule has 12 N–H and O–H groups in total. The number of cyclic esters (lactones) is 1. The van der Waals surface area contributed by atoms with E-state index in [1.165, 1.54) is 13.0 Å². The van der Waals surface area contributed by atoms with Crippen molar-refractivity contribution in [1.29, 1.82) is 0 Å². The minimum absolute atomic E-state index is 0.132. The van der Waals surface area contributed by atoms with E-state index >= 15 is 0 Å². The molecule has 0 saturated carbocycles. The van der Waals surface area contributed by atoms with Gasteiger partial charge in [0.15, 0.2) is 12.1 Å². The average Bonchev–Trinajstić information content (AvgIpc) is 3.66. The van der Waals surface area contributed by atoms with Crippen LogP contribution in [0.15, 0.2) is 85.1 Å². The second-order valence-electron chi connectivity index (χ2n) is 21.5. The number of aliphatic carboxylic acids is 1. The number of rotatable bonds is 9. The first kappa shape index (κ1) is 66.2. The van der Waals surface area contributed by atoms with E-state index in [-0.39, 0.29) is 38.1 Å². The molecule has 0 aliphatic carbocycles. The van der Waals surface area contributed by atoms with Crippen molar-refractivity contribution in [3.05, 3.63) is 85.1 Å².